The Balaban J connectivity index is 0.000000303. The van der Waals surface area contributed by atoms with Crippen LogP contribution < -0.4 is 20.5 Å². The van der Waals surface area contributed by atoms with E-state index in [0.717, 1.165) is 85.6 Å². The number of carbonyl (C=O) groups excluding carboxylic acids is 3. The molecule has 0 spiro atoms. The first-order valence-electron chi connectivity index (χ1n) is 25.1. The number of nitrogens with one attached hydrogen (secondary N) is 1. The van der Waals surface area contributed by atoms with E-state index in [4.69, 9.17) is 24.7 Å². The van der Waals surface area contributed by atoms with Crippen LogP contribution in [0.3, 0.4) is 0 Å². The molecule has 0 amide bonds. The van der Waals surface area contributed by atoms with Crippen LogP contribution in [0.2, 0.25) is 0 Å². The summed E-state index contributed by atoms with van der Waals surface area (Å²) in [4.78, 5) is 33.6. The highest BCUT2D eigenvalue weighted by Gasteiger charge is 2.31. The SMILES string of the molecule is CC(C)(C)C1CCC(Oc2ccc3cc(C=O)ccc3c2)CC1.CC(C)(C)OC(=O)CCCN.CC(C)(C)OC(=O)CCCNCc1ccc2cc(OC3CCC(C(C)(C)C)CC3)ccc2c1.Cl. The average molecular weight is 960 g/mol. The number of aldehydes is 1. The molecule has 0 bridgehead atoms. The summed E-state index contributed by atoms with van der Waals surface area (Å²) in [6.45, 7) is 27.5. The van der Waals surface area contributed by atoms with E-state index in [1.807, 2.05) is 71.9 Å². The highest BCUT2D eigenvalue weighted by Crippen LogP contribution is 2.40. The summed E-state index contributed by atoms with van der Waals surface area (Å²) < 4.78 is 23.0. The Kier molecular flexibility index (Phi) is 22.8. The van der Waals surface area contributed by atoms with Crippen LogP contribution in [0.5, 0.6) is 11.5 Å². The van der Waals surface area contributed by atoms with Crippen LogP contribution in [-0.2, 0) is 25.6 Å². The van der Waals surface area contributed by atoms with Crippen LogP contribution in [0.15, 0.2) is 72.8 Å². The molecule has 2 aliphatic rings. The minimum absolute atomic E-state index is 0. The number of benzene rings is 4. The van der Waals surface area contributed by atoms with Gasteiger partial charge in [0, 0.05) is 24.9 Å². The molecule has 10 heteroatoms. The molecular weight excluding hydrogens is 872 g/mol. The number of nitrogens with two attached hydrogens (primary N) is 1. The van der Waals surface area contributed by atoms with Gasteiger partial charge in [0.1, 0.15) is 29.0 Å². The maximum Gasteiger partial charge on any atom is 0.306 e. The number of hydrogen-bond acceptors (Lipinski definition) is 9. The van der Waals surface area contributed by atoms with Gasteiger partial charge in [0.15, 0.2) is 0 Å². The van der Waals surface area contributed by atoms with Crippen molar-refractivity contribution in [2.24, 2.45) is 28.4 Å². The van der Waals surface area contributed by atoms with Crippen LogP contribution in [0.4, 0.5) is 0 Å². The first-order chi connectivity index (χ1) is 31.4. The summed E-state index contributed by atoms with van der Waals surface area (Å²) in [6.07, 6.45) is 13.5. The molecule has 4 aromatic rings. The van der Waals surface area contributed by atoms with Gasteiger partial charge in [0.25, 0.3) is 0 Å². The summed E-state index contributed by atoms with van der Waals surface area (Å²) in [5.41, 5.74) is 7.22. The lowest BCUT2D eigenvalue weighted by molar-refractivity contribution is -0.156. The predicted molar refractivity (Wildman–Crippen MR) is 283 cm³/mol. The Morgan fingerprint density at radius 2 is 0.985 bits per heavy atom. The van der Waals surface area contributed by atoms with Gasteiger partial charge in [-0.2, -0.15) is 0 Å². The first-order valence-corrected chi connectivity index (χ1v) is 25.1. The van der Waals surface area contributed by atoms with Gasteiger partial charge >= 0.3 is 11.9 Å². The maximum atomic E-state index is 11.8. The molecule has 9 nitrogen and oxygen atoms in total. The zero-order valence-electron chi connectivity index (χ0n) is 43.8. The third-order valence-corrected chi connectivity index (χ3v) is 12.7. The molecular formula is C58H87ClN2O7. The first kappa shape index (κ1) is 58.1. The fourth-order valence-electron chi connectivity index (χ4n) is 8.95. The summed E-state index contributed by atoms with van der Waals surface area (Å²) in [6, 6.07) is 24.9. The van der Waals surface area contributed by atoms with Gasteiger partial charge in [-0.05, 0) is 205 Å². The third-order valence-electron chi connectivity index (χ3n) is 12.7. The Morgan fingerprint density at radius 1 is 0.574 bits per heavy atom. The van der Waals surface area contributed by atoms with Gasteiger partial charge in [-0.15, -0.1) is 12.4 Å². The molecule has 0 heterocycles. The lowest BCUT2D eigenvalue weighted by Crippen LogP contribution is -2.30. The molecule has 0 aliphatic heterocycles. The zero-order valence-corrected chi connectivity index (χ0v) is 44.6. The van der Waals surface area contributed by atoms with E-state index in [2.05, 4.69) is 89.3 Å². The highest BCUT2D eigenvalue weighted by atomic mass is 35.5. The van der Waals surface area contributed by atoms with E-state index in [0.29, 0.717) is 54.4 Å². The zero-order chi connectivity index (χ0) is 49.4. The van der Waals surface area contributed by atoms with Crippen molar-refractivity contribution in [2.75, 3.05) is 13.1 Å². The second-order valence-corrected chi connectivity index (χ2v) is 23.0. The van der Waals surface area contributed by atoms with Gasteiger partial charge in [0.05, 0.1) is 12.2 Å². The third kappa shape index (κ3) is 21.2. The van der Waals surface area contributed by atoms with E-state index in [-0.39, 0.29) is 29.9 Å². The number of halogens is 1. The van der Waals surface area contributed by atoms with Gasteiger partial charge in [0.2, 0.25) is 0 Å². The van der Waals surface area contributed by atoms with Crippen LogP contribution in [0, 0.1) is 22.7 Å². The van der Waals surface area contributed by atoms with Crippen molar-refractivity contribution in [1.29, 1.82) is 0 Å². The van der Waals surface area contributed by atoms with Gasteiger partial charge in [-0.3, -0.25) is 14.4 Å². The molecule has 0 radical (unpaired) electrons. The van der Waals surface area contributed by atoms with Crippen molar-refractivity contribution < 1.29 is 33.3 Å². The smallest absolute Gasteiger partial charge is 0.306 e. The highest BCUT2D eigenvalue weighted by molar-refractivity contribution is 5.89. The topological polar surface area (TPSA) is 126 Å². The van der Waals surface area contributed by atoms with Crippen LogP contribution in [0.25, 0.3) is 21.5 Å². The molecule has 0 saturated heterocycles. The monoisotopic (exact) mass is 959 g/mol. The molecule has 68 heavy (non-hydrogen) atoms. The molecule has 3 N–H and O–H groups in total. The molecule has 6 rings (SSSR count). The second-order valence-electron chi connectivity index (χ2n) is 23.0. The molecule has 2 saturated carbocycles. The molecule has 378 valence electrons. The van der Waals surface area contributed by atoms with Crippen molar-refractivity contribution in [3.05, 3.63) is 83.9 Å². The van der Waals surface area contributed by atoms with Crippen LogP contribution >= 0.6 is 12.4 Å². The molecule has 2 aliphatic carbocycles. The van der Waals surface area contributed by atoms with E-state index in [1.165, 1.54) is 42.0 Å². The van der Waals surface area contributed by atoms with Crippen molar-refractivity contribution in [3.63, 3.8) is 0 Å². The van der Waals surface area contributed by atoms with Crippen molar-refractivity contribution in [2.45, 2.75) is 190 Å². The van der Waals surface area contributed by atoms with Crippen LogP contribution in [0.1, 0.15) is 176 Å². The van der Waals surface area contributed by atoms with E-state index in [9.17, 15) is 14.4 Å². The predicted octanol–water partition coefficient (Wildman–Crippen LogP) is 14.2. The number of esters is 2. The van der Waals surface area contributed by atoms with Gasteiger partial charge in [-0.1, -0.05) is 77.9 Å². The summed E-state index contributed by atoms with van der Waals surface area (Å²) in [5.74, 6) is 3.24. The molecule has 4 aromatic carbocycles. The fraction of sp³-hybridized carbons (Fsp3) is 0.603. The second kappa shape index (κ2) is 26.7. The van der Waals surface area contributed by atoms with E-state index < -0.39 is 5.60 Å². The fourth-order valence-corrected chi connectivity index (χ4v) is 8.95. The Hall–Kier alpha value is -4.18. The minimum atomic E-state index is -0.410. The number of ether oxygens (including phenoxy) is 4. The quantitative estimate of drug-likeness (QED) is 0.0722. The number of hydrogen-bond donors (Lipinski definition) is 2. The van der Waals surface area contributed by atoms with Crippen LogP contribution in [-0.4, -0.2) is 54.7 Å². The summed E-state index contributed by atoms with van der Waals surface area (Å²) in [7, 11) is 0. The molecule has 0 unspecified atom stereocenters. The molecule has 0 atom stereocenters. The largest absolute Gasteiger partial charge is 0.490 e. The van der Waals surface area contributed by atoms with E-state index >= 15 is 0 Å². The minimum Gasteiger partial charge on any atom is -0.490 e. The average Bonchev–Trinajstić information content (AvgIpc) is 3.24. The molecule has 0 aromatic heterocycles. The standard InChI is InChI=1S/C29H43NO3.C21H26O2.C8H17NO2.ClH/c1-28(2,3)24-12-15-25(16-13-24)32-26-14-11-22-18-21(9-10-23(22)19-26)20-30-17-7-8-27(31)33-29(4,5)6;1-21(2,3)18-7-10-19(11-8-18)23-20-9-6-16-12-15(14-22)4-5-17(16)13-20;1-8(2,3)11-7(10)5-4-6-9;/h9-11,14,18-19,24-25,30H,7-8,12-13,15-17,20H2,1-6H3;4-6,9,12-14,18-19H,7-8,10-11H2,1-3H3;4-6,9H2,1-3H3;1H. The van der Waals surface area contributed by atoms with Crippen molar-refractivity contribution >= 4 is 52.2 Å². The number of fused-ring (bicyclic) bond motifs is 2. The lowest BCUT2D eigenvalue weighted by atomic mass is 9.72. The Morgan fingerprint density at radius 3 is 1.41 bits per heavy atom. The van der Waals surface area contributed by atoms with Crippen molar-refractivity contribution in [3.8, 4) is 11.5 Å². The van der Waals surface area contributed by atoms with Gasteiger partial charge < -0.3 is 30.0 Å². The number of rotatable bonds is 14. The normalized spacial score (nSPS) is 18.7. The summed E-state index contributed by atoms with van der Waals surface area (Å²) in [5, 5.41) is 8.08. The molecule has 2 fully saturated rings. The maximum absolute atomic E-state index is 11.8. The van der Waals surface area contributed by atoms with E-state index in [1.54, 1.807) is 0 Å². The number of carbonyl (C=O) groups is 3. The van der Waals surface area contributed by atoms with Crippen molar-refractivity contribution in [1.82, 2.24) is 5.32 Å². The Bertz CT molecular complexity index is 2160. The lowest BCUT2D eigenvalue weighted by Gasteiger charge is -2.37. The summed E-state index contributed by atoms with van der Waals surface area (Å²) >= 11 is 0. The van der Waals surface area contributed by atoms with Gasteiger partial charge in [-0.25, -0.2) is 0 Å². The Labute approximate surface area is 416 Å².